The van der Waals surface area contributed by atoms with Crippen LogP contribution in [0, 0.1) is 5.82 Å². The summed E-state index contributed by atoms with van der Waals surface area (Å²) in [6, 6.07) is 5.76. The van der Waals surface area contributed by atoms with E-state index in [-0.39, 0.29) is 11.9 Å². The average molecular weight is 223 g/mol. The van der Waals surface area contributed by atoms with Gasteiger partial charge >= 0.3 is 5.97 Å². The van der Waals surface area contributed by atoms with Gasteiger partial charge in [0.05, 0.1) is 0 Å². The molecule has 2 atom stereocenters. The van der Waals surface area contributed by atoms with Crippen LogP contribution in [0.5, 0.6) is 0 Å². The predicted octanol–water partition coefficient (Wildman–Crippen LogP) is 2.09. The summed E-state index contributed by atoms with van der Waals surface area (Å²) in [6.07, 6.45) is 2.44. The number of aliphatic carboxylic acids is 1. The van der Waals surface area contributed by atoms with Crippen molar-refractivity contribution in [3.8, 4) is 0 Å². The Kier molecular flexibility index (Phi) is 3.19. The first-order valence-electron chi connectivity index (χ1n) is 5.41. The minimum atomic E-state index is -0.813. The van der Waals surface area contributed by atoms with Gasteiger partial charge in [-0.05, 0) is 37.0 Å². The van der Waals surface area contributed by atoms with Crippen molar-refractivity contribution in [2.24, 2.45) is 0 Å². The summed E-state index contributed by atoms with van der Waals surface area (Å²) in [4.78, 5) is 10.9. The number of piperidine rings is 1. The first-order valence-corrected chi connectivity index (χ1v) is 5.41. The number of carboxylic acid groups (broad SMARTS) is 1. The van der Waals surface area contributed by atoms with Crippen molar-refractivity contribution in [2.75, 3.05) is 0 Å². The Morgan fingerprint density at radius 1 is 1.31 bits per heavy atom. The van der Waals surface area contributed by atoms with Gasteiger partial charge in [-0.25, -0.2) is 4.39 Å². The van der Waals surface area contributed by atoms with Crippen LogP contribution in [0.15, 0.2) is 24.3 Å². The van der Waals surface area contributed by atoms with Crippen molar-refractivity contribution in [1.29, 1.82) is 0 Å². The van der Waals surface area contributed by atoms with E-state index in [0.29, 0.717) is 6.42 Å². The largest absolute Gasteiger partial charge is 0.480 e. The molecule has 0 spiro atoms. The van der Waals surface area contributed by atoms with Gasteiger partial charge in [0.2, 0.25) is 0 Å². The number of nitrogens with one attached hydrogen (secondary N) is 1. The highest BCUT2D eigenvalue weighted by Crippen LogP contribution is 2.25. The molecule has 0 aliphatic carbocycles. The maximum atomic E-state index is 12.7. The molecule has 1 heterocycles. The van der Waals surface area contributed by atoms with Crippen LogP contribution in [0.25, 0.3) is 0 Å². The molecule has 0 unspecified atom stereocenters. The summed E-state index contributed by atoms with van der Waals surface area (Å²) in [5.41, 5.74) is 0.951. The van der Waals surface area contributed by atoms with Crippen molar-refractivity contribution < 1.29 is 14.3 Å². The molecule has 1 saturated heterocycles. The number of hydrogen-bond donors (Lipinski definition) is 2. The van der Waals surface area contributed by atoms with Crippen molar-refractivity contribution >= 4 is 5.97 Å². The van der Waals surface area contributed by atoms with Gasteiger partial charge in [0.25, 0.3) is 0 Å². The van der Waals surface area contributed by atoms with Crippen molar-refractivity contribution in [3.63, 3.8) is 0 Å². The third kappa shape index (κ3) is 2.39. The molecule has 0 radical (unpaired) electrons. The number of hydrogen-bond acceptors (Lipinski definition) is 2. The molecule has 86 valence electrons. The summed E-state index contributed by atoms with van der Waals surface area (Å²) in [6.45, 7) is 0. The molecule has 1 aromatic carbocycles. The standard InChI is InChI=1S/C12H14FNO2/c13-9-6-4-8(5-7-9)10-2-1-3-11(14-10)12(15)16/h4-7,10-11,14H,1-3H2,(H,15,16)/t10-,11+/m0/s1. The van der Waals surface area contributed by atoms with Crippen LogP contribution < -0.4 is 5.32 Å². The molecule has 2 N–H and O–H groups in total. The van der Waals surface area contributed by atoms with Gasteiger partial charge in [0, 0.05) is 6.04 Å². The van der Waals surface area contributed by atoms with E-state index in [1.165, 1.54) is 12.1 Å². The first kappa shape index (κ1) is 11.1. The van der Waals surface area contributed by atoms with Crippen LogP contribution in [0.4, 0.5) is 4.39 Å². The summed E-state index contributed by atoms with van der Waals surface area (Å²) >= 11 is 0. The van der Waals surface area contributed by atoms with Crippen molar-refractivity contribution in [2.45, 2.75) is 31.3 Å². The lowest BCUT2D eigenvalue weighted by Gasteiger charge is -2.28. The Bertz CT molecular complexity index is 377. The molecule has 1 aliphatic rings. The van der Waals surface area contributed by atoms with Crippen LogP contribution in [0.1, 0.15) is 30.9 Å². The van der Waals surface area contributed by atoms with Gasteiger partial charge in [-0.1, -0.05) is 12.1 Å². The normalized spacial score (nSPS) is 25.3. The highest BCUT2D eigenvalue weighted by molar-refractivity contribution is 5.73. The average Bonchev–Trinajstić information content (AvgIpc) is 2.30. The topological polar surface area (TPSA) is 49.3 Å². The molecule has 2 rings (SSSR count). The molecule has 1 aromatic rings. The molecule has 16 heavy (non-hydrogen) atoms. The Balaban J connectivity index is 2.09. The molecule has 0 amide bonds. The molecular formula is C12H14FNO2. The Hall–Kier alpha value is -1.42. The van der Waals surface area contributed by atoms with Crippen LogP contribution in [0.2, 0.25) is 0 Å². The zero-order valence-electron chi connectivity index (χ0n) is 8.82. The molecule has 1 aliphatic heterocycles. The van der Waals surface area contributed by atoms with E-state index in [1.807, 2.05) is 0 Å². The minimum Gasteiger partial charge on any atom is -0.480 e. The lowest BCUT2D eigenvalue weighted by atomic mass is 9.93. The van der Waals surface area contributed by atoms with Crippen LogP contribution in [0.3, 0.4) is 0 Å². The quantitative estimate of drug-likeness (QED) is 0.807. The Morgan fingerprint density at radius 2 is 2.00 bits per heavy atom. The van der Waals surface area contributed by atoms with Gasteiger partial charge in [0.15, 0.2) is 0 Å². The second-order valence-corrected chi connectivity index (χ2v) is 4.09. The highest BCUT2D eigenvalue weighted by atomic mass is 19.1. The Labute approximate surface area is 93.3 Å². The van der Waals surface area contributed by atoms with Gasteiger partial charge < -0.3 is 5.11 Å². The SMILES string of the molecule is O=C(O)[C@H]1CCC[C@@H](c2ccc(F)cc2)N1. The maximum Gasteiger partial charge on any atom is 0.320 e. The first-order chi connectivity index (χ1) is 7.66. The highest BCUT2D eigenvalue weighted by Gasteiger charge is 2.26. The van der Waals surface area contributed by atoms with E-state index in [4.69, 9.17) is 5.11 Å². The number of carbonyl (C=O) groups is 1. The lowest BCUT2D eigenvalue weighted by molar-refractivity contribution is -0.140. The third-order valence-electron chi connectivity index (χ3n) is 2.96. The molecule has 1 fully saturated rings. The van der Waals surface area contributed by atoms with E-state index in [9.17, 15) is 9.18 Å². The van der Waals surface area contributed by atoms with Gasteiger partial charge in [-0.2, -0.15) is 0 Å². The molecule has 3 nitrogen and oxygen atoms in total. The van der Waals surface area contributed by atoms with E-state index >= 15 is 0 Å². The second kappa shape index (κ2) is 4.61. The predicted molar refractivity (Wildman–Crippen MR) is 57.6 cm³/mol. The summed E-state index contributed by atoms with van der Waals surface area (Å²) in [7, 11) is 0. The lowest BCUT2D eigenvalue weighted by Crippen LogP contribution is -2.42. The minimum absolute atomic E-state index is 0.0236. The van der Waals surface area contributed by atoms with Crippen LogP contribution >= 0.6 is 0 Å². The molecule has 0 bridgehead atoms. The van der Waals surface area contributed by atoms with E-state index in [0.717, 1.165) is 18.4 Å². The fourth-order valence-corrected chi connectivity index (χ4v) is 2.09. The monoisotopic (exact) mass is 223 g/mol. The molecule has 0 aromatic heterocycles. The van der Waals surface area contributed by atoms with Crippen LogP contribution in [-0.4, -0.2) is 17.1 Å². The fourth-order valence-electron chi connectivity index (χ4n) is 2.09. The number of rotatable bonds is 2. The fraction of sp³-hybridized carbons (Fsp3) is 0.417. The smallest absolute Gasteiger partial charge is 0.320 e. The number of benzene rings is 1. The molecular weight excluding hydrogens is 209 g/mol. The summed E-state index contributed by atoms with van der Waals surface area (Å²) < 4.78 is 12.7. The zero-order valence-corrected chi connectivity index (χ0v) is 8.82. The number of carboxylic acids is 1. The summed E-state index contributed by atoms with van der Waals surface area (Å²) in [5.74, 6) is -1.08. The van der Waals surface area contributed by atoms with Gasteiger partial charge in [-0.15, -0.1) is 0 Å². The van der Waals surface area contributed by atoms with Crippen LogP contribution in [-0.2, 0) is 4.79 Å². The van der Waals surface area contributed by atoms with E-state index in [1.54, 1.807) is 12.1 Å². The van der Waals surface area contributed by atoms with E-state index in [2.05, 4.69) is 5.32 Å². The Morgan fingerprint density at radius 3 is 2.62 bits per heavy atom. The molecule has 4 heteroatoms. The number of halogens is 1. The maximum absolute atomic E-state index is 12.7. The summed E-state index contributed by atoms with van der Waals surface area (Å²) in [5, 5.41) is 12.0. The molecule has 0 saturated carbocycles. The van der Waals surface area contributed by atoms with Gasteiger partial charge in [0.1, 0.15) is 11.9 Å². The van der Waals surface area contributed by atoms with E-state index < -0.39 is 12.0 Å². The third-order valence-corrected chi connectivity index (χ3v) is 2.96. The zero-order chi connectivity index (χ0) is 11.5. The van der Waals surface area contributed by atoms with Crippen molar-refractivity contribution in [1.82, 2.24) is 5.32 Å². The van der Waals surface area contributed by atoms with Crippen molar-refractivity contribution in [3.05, 3.63) is 35.6 Å². The van der Waals surface area contributed by atoms with Gasteiger partial charge in [-0.3, -0.25) is 10.1 Å². The second-order valence-electron chi connectivity index (χ2n) is 4.09.